The van der Waals surface area contributed by atoms with E-state index in [1.807, 2.05) is 24.9 Å². The minimum Gasteiger partial charge on any atom is -0.383 e. The monoisotopic (exact) mass is 318 g/mol. The zero-order valence-corrected chi connectivity index (χ0v) is 12.6. The fourth-order valence-corrected chi connectivity index (χ4v) is 2.28. The fraction of sp³-hybridized carbons (Fsp3) is 0.538. The number of hydrogen-bond acceptors (Lipinski definition) is 3. The zero-order chi connectivity index (χ0) is 13.7. The number of rotatable bonds is 6. The van der Waals surface area contributed by atoms with E-state index in [0.29, 0.717) is 18.7 Å². The number of nitrogens with zero attached hydrogens (tertiary/aromatic N) is 1. The van der Waals surface area contributed by atoms with Crippen LogP contribution in [-0.2, 0) is 4.74 Å². The molecule has 1 aromatic carbocycles. The van der Waals surface area contributed by atoms with Crippen molar-refractivity contribution in [3.8, 4) is 0 Å². The SMILES string of the molecule is COCC(C)N(C)C(CN)c1ccc(Br)cc1F. The predicted molar refractivity (Wildman–Crippen MR) is 75.0 cm³/mol. The van der Waals surface area contributed by atoms with E-state index >= 15 is 0 Å². The Morgan fingerprint density at radius 3 is 2.67 bits per heavy atom. The quantitative estimate of drug-likeness (QED) is 0.876. The minimum atomic E-state index is -0.240. The Morgan fingerprint density at radius 1 is 1.50 bits per heavy atom. The van der Waals surface area contributed by atoms with Gasteiger partial charge in [-0.3, -0.25) is 4.90 Å². The van der Waals surface area contributed by atoms with Crippen LogP contribution in [0.25, 0.3) is 0 Å². The summed E-state index contributed by atoms with van der Waals surface area (Å²) in [5, 5.41) is 0. The van der Waals surface area contributed by atoms with Crippen LogP contribution in [-0.4, -0.2) is 38.3 Å². The number of benzene rings is 1. The van der Waals surface area contributed by atoms with Crippen LogP contribution >= 0.6 is 15.9 Å². The van der Waals surface area contributed by atoms with Gasteiger partial charge in [-0.2, -0.15) is 0 Å². The van der Waals surface area contributed by atoms with Gasteiger partial charge in [-0.15, -0.1) is 0 Å². The average Bonchev–Trinajstić information content (AvgIpc) is 2.32. The van der Waals surface area contributed by atoms with E-state index in [-0.39, 0.29) is 17.9 Å². The lowest BCUT2D eigenvalue weighted by Crippen LogP contribution is -2.39. The maximum absolute atomic E-state index is 14.0. The summed E-state index contributed by atoms with van der Waals surface area (Å²) >= 11 is 3.25. The molecule has 0 bridgehead atoms. The van der Waals surface area contributed by atoms with E-state index in [1.165, 1.54) is 6.07 Å². The summed E-state index contributed by atoms with van der Waals surface area (Å²) in [6, 6.07) is 5.09. The van der Waals surface area contributed by atoms with Gasteiger partial charge in [0.05, 0.1) is 6.61 Å². The van der Waals surface area contributed by atoms with Gasteiger partial charge in [0, 0.05) is 35.8 Å². The second kappa shape index (κ2) is 7.19. The van der Waals surface area contributed by atoms with Crippen molar-refractivity contribution in [1.82, 2.24) is 4.90 Å². The maximum Gasteiger partial charge on any atom is 0.129 e. The first kappa shape index (κ1) is 15.6. The van der Waals surface area contributed by atoms with Crippen molar-refractivity contribution in [3.05, 3.63) is 34.1 Å². The minimum absolute atomic E-state index is 0.150. The van der Waals surface area contributed by atoms with Gasteiger partial charge in [0.1, 0.15) is 5.82 Å². The van der Waals surface area contributed by atoms with E-state index < -0.39 is 0 Å². The van der Waals surface area contributed by atoms with Crippen LogP contribution < -0.4 is 5.73 Å². The number of halogens is 2. The van der Waals surface area contributed by atoms with Crippen LogP contribution in [0.1, 0.15) is 18.5 Å². The van der Waals surface area contributed by atoms with Crippen LogP contribution in [0, 0.1) is 5.82 Å². The molecule has 5 heteroatoms. The molecule has 0 fully saturated rings. The number of nitrogens with two attached hydrogens (primary N) is 1. The normalized spacial score (nSPS) is 14.8. The summed E-state index contributed by atoms with van der Waals surface area (Å²) in [4.78, 5) is 2.04. The molecule has 0 aromatic heterocycles. The molecule has 0 aliphatic carbocycles. The first-order valence-corrected chi connectivity index (χ1v) is 6.66. The van der Waals surface area contributed by atoms with Gasteiger partial charge in [-0.05, 0) is 26.1 Å². The molecule has 0 saturated heterocycles. The van der Waals surface area contributed by atoms with E-state index in [1.54, 1.807) is 13.2 Å². The zero-order valence-electron chi connectivity index (χ0n) is 11.0. The molecule has 0 spiro atoms. The number of likely N-dealkylation sites (N-methyl/N-ethyl adjacent to an activating group) is 1. The molecule has 0 heterocycles. The van der Waals surface area contributed by atoms with Gasteiger partial charge < -0.3 is 10.5 Å². The van der Waals surface area contributed by atoms with Crippen molar-refractivity contribution in [2.45, 2.75) is 19.0 Å². The highest BCUT2D eigenvalue weighted by Gasteiger charge is 2.22. The number of hydrogen-bond donors (Lipinski definition) is 1. The molecule has 2 N–H and O–H groups in total. The van der Waals surface area contributed by atoms with Crippen LogP contribution in [0.3, 0.4) is 0 Å². The van der Waals surface area contributed by atoms with Gasteiger partial charge in [0.2, 0.25) is 0 Å². The van der Waals surface area contributed by atoms with Crippen LogP contribution in [0.5, 0.6) is 0 Å². The van der Waals surface area contributed by atoms with E-state index in [2.05, 4.69) is 15.9 Å². The molecule has 0 radical (unpaired) electrons. The van der Waals surface area contributed by atoms with Crippen molar-refractivity contribution in [2.75, 3.05) is 27.3 Å². The molecule has 0 amide bonds. The Balaban J connectivity index is 2.94. The molecular formula is C13H20BrFN2O. The maximum atomic E-state index is 14.0. The molecule has 0 aliphatic heterocycles. The Kier molecular flexibility index (Phi) is 6.21. The Bertz CT molecular complexity index is 389. The summed E-state index contributed by atoms with van der Waals surface area (Å²) < 4.78 is 19.8. The van der Waals surface area contributed by atoms with Crippen molar-refractivity contribution < 1.29 is 9.13 Å². The second-order valence-corrected chi connectivity index (χ2v) is 5.30. The molecule has 3 nitrogen and oxygen atoms in total. The summed E-state index contributed by atoms with van der Waals surface area (Å²) in [5.74, 6) is -0.240. The summed E-state index contributed by atoms with van der Waals surface area (Å²) in [6.07, 6.45) is 0. The first-order chi connectivity index (χ1) is 8.51. The Hall–Kier alpha value is -0.490. The van der Waals surface area contributed by atoms with E-state index in [4.69, 9.17) is 10.5 Å². The smallest absolute Gasteiger partial charge is 0.129 e. The standard InChI is InChI=1S/C13H20BrFN2O/c1-9(8-18-3)17(2)13(7-16)11-5-4-10(14)6-12(11)15/h4-6,9,13H,7-8,16H2,1-3H3. The second-order valence-electron chi connectivity index (χ2n) is 4.39. The van der Waals surface area contributed by atoms with Gasteiger partial charge in [-0.25, -0.2) is 4.39 Å². The Morgan fingerprint density at radius 2 is 2.17 bits per heavy atom. The fourth-order valence-electron chi connectivity index (χ4n) is 1.95. The summed E-state index contributed by atoms with van der Waals surface area (Å²) in [7, 11) is 3.59. The lowest BCUT2D eigenvalue weighted by atomic mass is 10.0. The van der Waals surface area contributed by atoms with Crippen molar-refractivity contribution in [1.29, 1.82) is 0 Å². The molecule has 0 saturated carbocycles. The molecule has 102 valence electrons. The lowest BCUT2D eigenvalue weighted by Gasteiger charge is -2.32. The van der Waals surface area contributed by atoms with Gasteiger partial charge in [0.15, 0.2) is 0 Å². The van der Waals surface area contributed by atoms with Crippen molar-refractivity contribution in [2.24, 2.45) is 5.73 Å². The Labute approximate surface area is 116 Å². The first-order valence-electron chi connectivity index (χ1n) is 5.87. The molecular weight excluding hydrogens is 299 g/mol. The van der Waals surface area contributed by atoms with Crippen molar-refractivity contribution in [3.63, 3.8) is 0 Å². The third-order valence-corrected chi connectivity index (χ3v) is 3.63. The summed E-state index contributed by atoms with van der Waals surface area (Å²) in [5.41, 5.74) is 6.40. The van der Waals surface area contributed by atoms with Crippen LogP contribution in [0.15, 0.2) is 22.7 Å². The van der Waals surface area contributed by atoms with Crippen LogP contribution in [0.2, 0.25) is 0 Å². The highest BCUT2D eigenvalue weighted by atomic mass is 79.9. The molecule has 0 aliphatic rings. The molecule has 2 atom stereocenters. The van der Waals surface area contributed by atoms with E-state index in [0.717, 1.165) is 4.47 Å². The van der Waals surface area contributed by atoms with Crippen molar-refractivity contribution >= 4 is 15.9 Å². The molecule has 18 heavy (non-hydrogen) atoms. The van der Waals surface area contributed by atoms with Gasteiger partial charge in [0.25, 0.3) is 0 Å². The number of ether oxygens (including phenoxy) is 1. The molecule has 1 rings (SSSR count). The summed E-state index contributed by atoms with van der Waals surface area (Å²) in [6.45, 7) is 2.98. The predicted octanol–water partition coefficient (Wildman–Crippen LogP) is 2.55. The third-order valence-electron chi connectivity index (χ3n) is 3.14. The van der Waals surface area contributed by atoms with Crippen LogP contribution in [0.4, 0.5) is 4.39 Å². The third kappa shape index (κ3) is 3.75. The average molecular weight is 319 g/mol. The largest absolute Gasteiger partial charge is 0.383 e. The molecule has 2 unspecified atom stereocenters. The van der Waals surface area contributed by atoms with E-state index in [9.17, 15) is 4.39 Å². The highest BCUT2D eigenvalue weighted by Crippen LogP contribution is 2.25. The molecule has 1 aromatic rings. The lowest BCUT2D eigenvalue weighted by molar-refractivity contribution is 0.0899. The van der Waals surface area contributed by atoms with Gasteiger partial charge >= 0.3 is 0 Å². The topological polar surface area (TPSA) is 38.5 Å². The van der Waals surface area contributed by atoms with Gasteiger partial charge in [-0.1, -0.05) is 22.0 Å². The number of methoxy groups -OCH3 is 1. The highest BCUT2D eigenvalue weighted by molar-refractivity contribution is 9.10.